The number of hydrogen-bond acceptors (Lipinski definition) is 4. The van der Waals surface area contributed by atoms with E-state index in [4.69, 9.17) is 4.74 Å². The molecule has 1 aliphatic carbocycles. The molecule has 5 nitrogen and oxygen atoms in total. The number of anilines is 1. The molecule has 5 rings (SSSR count). The van der Waals surface area contributed by atoms with Crippen LogP contribution in [0.15, 0.2) is 100 Å². The van der Waals surface area contributed by atoms with Gasteiger partial charge in [0.05, 0.1) is 7.11 Å². The van der Waals surface area contributed by atoms with Gasteiger partial charge in [-0.05, 0) is 54.8 Å². The summed E-state index contributed by atoms with van der Waals surface area (Å²) >= 11 is 3.48. The topological polar surface area (TPSA) is 73.6 Å². The highest BCUT2D eigenvalue weighted by Crippen LogP contribution is 2.48. The Morgan fingerprint density at radius 1 is 1.00 bits per heavy atom. The zero-order valence-corrected chi connectivity index (χ0v) is 20.9. The smallest absolute Gasteiger partial charge is 0.161 e. The third-order valence-corrected chi connectivity index (χ3v) is 7.12. The highest BCUT2D eigenvalue weighted by Gasteiger charge is 2.43. The lowest BCUT2D eigenvalue weighted by Crippen LogP contribution is -2.42. The fraction of sp³-hybridized carbons (Fsp3) is 0.172. The summed E-state index contributed by atoms with van der Waals surface area (Å²) in [6.45, 7) is 0. The molecule has 0 amide bonds. The minimum Gasteiger partial charge on any atom is -0.507 e. The van der Waals surface area contributed by atoms with Crippen LogP contribution >= 0.6 is 15.9 Å². The summed E-state index contributed by atoms with van der Waals surface area (Å²) in [5.74, 6) is 0.382. The van der Waals surface area contributed by atoms with Crippen LogP contribution < -0.4 is 9.64 Å². The lowest BCUT2D eigenvalue weighted by Gasteiger charge is -2.41. The maximum Gasteiger partial charge on any atom is 0.161 e. The Labute approximate surface area is 213 Å². The number of carbonyl (C=O) groups is 1. The van der Waals surface area contributed by atoms with Crippen molar-refractivity contribution in [1.82, 2.24) is 0 Å². The second kappa shape index (κ2) is 9.55. The van der Waals surface area contributed by atoms with Gasteiger partial charge in [-0.1, -0.05) is 58.4 Å². The Bertz CT molecular complexity index is 1340. The van der Waals surface area contributed by atoms with Crippen LogP contribution in [-0.2, 0) is 4.79 Å². The zero-order chi connectivity index (χ0) is 24.5. The Morgan fingerprint density at radius 3 is 2.34 bits per heavy atom. The fourth-order valence-electron chi connectivity index (χ4n) is 4.95. The van der Waals surface area contributed by atoms with Crippen LogP contribution in [0.4, 0.5) is 5.69 Å². The first-order valence-corrected chi connectivity index (χ1v) is 12.3. The van der Waals surface area contributed by atoms with Crippen molar-refractivity contribution in [2.75, 3.05) is 12.0 Å². The van der Waals surface area contributed by atoms with Gasteiger partial charge in [-0.25, -0.2) is 0 Å². The lowest BCUT2D eigenvalue weighted by molar-refractivity contribution is -0.116. The standard InChI is InChI=1S/C29H25BrN2O3/c1-35-22-16-10-18(11-17-22)25-26-23(8-5-9-24(26)33)32(21-14-12-20(30)13-15-21)29(31)27(25)28(34)19-6-3-2-4-7-19/h2-4,6-7,10-17,25,31,34H,5,8-9H2,1H3/t25-/m1/s1. The number of rotatable bonds is 4. The molecule has 6 heteroatoms. The number of ether oxygens (including phenoxy) is 1. The molecule has 3 aromatic rings. The number of allylic oxidation sites excluding steroid dienone is 2. The number of methoxy groups -OCH3 is 1. The van der Waals surface area contributed by atoms with Crippen LogP contribution in [0.25, 0.3) is 5.76 Å². The van der Waals surface area contributed by atoms with Gasteiger partial charge in [-0.15, -0.1) is 0 Å². The van der Waals surface area contributed by atoms with Gasteiger partial charge in [0.25, 0.3) is 0 Å². The van der Waals surface area contributed by atoms with Crippen LogP contribution in [0.1, 0.15) is 36.3 Å². The predicted octanol–water partition coefficient (Wildman–Crippen LogP) is 7.02. The maximum atomic E-state index is 13.5. The quantitative estimate of drug-likeness (QED) is 0.357. The first-order chi connectivity index (χ1) is 17.0. The molecule has 1 heterocycles. The second-order valence-electron chi connectivity index (χ2n) is 8.63. The van der Waals surface area contributed by atoms with Crippen molar-refractivity contribution in [3.05, 3.63) is 111 Å². The first-order valence-electron chi connectivity index (χ1n) is 11.5. The summed E-state index contributed by atoms with van der Waals surface area (Å²) in [5, 5.41) is 20.9. The Morgan fingerprint density at radius 2 is 1.69 bits per heavy atom. The molecule has 0 fully saturated rings. The van der Waals surface area contributed by atoms with Crippen molar-refractivity contribution in [1.29, 1.82) is 5.41 Å². The molecular formula is C29H25BrN2O3. The van der Waals surface area contributed by atoms with Crippen LogP contribution in [0.2, 0.25) is 0 Å². The third-order valence-electron chi connectivity index (χ3n) is 6.59. The van der Waals surface area contributed by atoms with Crippen molar-refractivity contribution < 1.29 is 14.6 Å². The van der Waals surface area contributed by atoms with Crippen molar-refractivity contribution >= 4 is 39.0 Å². The van der Waals surface area contributed by atoms with E-state index >= 15 is 0 Å². The minimum absolute atomic E-state index is 0.00320. The van der Waals surface area contributed by atoms with Crippen LogP contribution in [0.3, 0.4) is 0 Å². The molecule has 0 radical (unpaired) electrons. The van der Waals surface area contributed by atoms with E-state index < -0.39 is 5.92 Å². The average molecular weight is 529 g/mol. The van der Waals surface area contributed by atoms with Gasteiger partial charge < -0.3 is 9.84 Å². The number of hydrogen-bond donors (Lipinski definition) is 2. The van der Waals surface area contributed by atoms with E-state index in [2.05, 4.69) is 15.9 Å². The summed E-state index contributed by atoms with van der Waals surface area (Å²) in [4.78, 5) is 15.3. The molecule has 0 bridgehead atoms. The number of amidine groups is 1. The molecule has 176 valence electrons. The van der Waals surface area contributed by atoms with E-state index in [1.54, 1.807) is 7.11 Å². The van der Waals surface area contributed by atoms with Crippen molar-refractivity contribution in [2.24, 2.45) is 0 Å². The summed E-state index contributed by atoms with van der Waals surface area (Å²) in [5.41, 5.74) is 4.13. The van der Waals surface area contributed by atoms with Gasteiger partial charge in [-0.2, -0.15) is 0 Å². The number of aliphatic hydroxyl groups excluding tert-OH is 1. The maximum absolute atomic E-state index is 13.5. The highest BCUT2D eigenvalue weighted by atomic mass is 79.9. The SMILES string of the molecule is COc1ccc([C@H]2C(=C(O)c3ccccc3)C(=N)N(c3ccc(Br)cc3)C3=C2C(=O)CCC3)cc1. The molecule has 1 aliphatic heterocycles. The zero-order valence-electron chi connectivity index (χ0n) is 19.3. The van der Waals surface area contributed by atoms with E-state index in [1.165, 1.54) is 0 Å². The van der Waals surface area contributed by atoms with Crippen LogP contribution in [0.5, 0.6) is 5.75 Å². The number of ketones is 1. The normalized spacial score (nSPS) is 19.5. The number of carbonyl (C=O) groups excluding carboxylic acids is 1. The molecule has 0 aromatic heterocycles. The van der Waals surface area contributed by atoms with Gasteiger partial charge in [0.15, 0.2) is 5.78 Å². The Kier molecular flexibility index (Phi) is 6.31. The molecule has 35 heavy (non-hydrogen) atoms. The van der Waals surface area contributed by atoms with E-state index in [9.17, 15) is 15.3 Å². The first kappa shape index (κ1) is 23.1. The number of nitrogens with zero attached hydrogens (tertiary/aromatic N) is 1. The minimum atomic E-state index is -0.553. The lowest BCUT2D eigenvalue weighted by atomic mass is 9.73. The highest BCUT2D eigenvalue weighted by molar-refractivity contribution is 9.10. The van der Waals surface area contributed by atoms with Crippen molar-refractivity contribution in [3.63, 3.8) is 0 Å². The summed E-state index contributed by atoms with van der Waals surface area (Å²) in [6.07, 6.45) is 1.87. The van der Waals surface area contributed by atoms with Gasteiger partial charge in [-0.3, -0.25) is 15.1 Å². The predicted molar refractivity (Wildman–Crippen MR) is 142 cm³/mol. The van der Waals surface area contributed by atoms with Gasteiger partial charge in [0.1, 0.15) is 17.3 Å². The number of nitrogens with one attached hydrogen (secondary N) is 1. The third kappa shape index (κ3) is 4.19. The number of benzene rings is 3. The average Bonchev–Trinajstić information content (AvgIpc) is 2.89. The Hall–Kier alpha value is -3.64. The van der Waals surface area contributed by atoms with E-state index in [1.807, 2.05) is 83.8 Å². The molecule has 3 aromatic carbocycles. The van der Waals surface area contributed by atoms with E-state index in [-0.39, 0.29) is 17.4 Å². The summed E-state index contributed by atoms with van der Waals surface area (Å²) in [6, 6.07) is 24.4. The largest absolute Gasteiger partial charge is 0.507 e. The number of Topliss-reactive ketones (excluding diaryl/α,β-unsaturated/α-hetero) is 1. The number of aliphatic hydroxyl groups is 1. The second-order valence-corrected chi connectivity index (χ2v) is 9.55. The molecule has 0 unspecified atom stereocenters. The van der Waals surface area contributed by atoms with E-state index in [0.717, 1.165) is 27.8 Å². The summed E-state index contributed by atoms with van der Waals surface area (Å²) < 4.78 is 6.27. The molecule has 0 saturated heterocycles. The summed E-state index contributed by atoms with van der Waals surface area (Å²) in [7, 11) is 1.61. The molecule has 0 saturated carbocycles. The molecule has 2 aliphatic rings. The molecule has 2 N–H and O–H groups in total. The van der Waals surface area contributed by atoms with Crippen molar-refractivity contribution in [2.45, 2.75) is 25.2 Å². The van der Waals surface area contributed by atoms with Crippen LogP contribution in [0, 0.1) is 5.41 Å². The Balaban J connectivity index is 1.80. The van der Waals surface area contributed by atoms with Crippen molar-refractivity contribution in [3.8, 4) is 5.75 Å². The molecule has 1 atom stereocenters. The van der Waals surface area contributed by atoms with Crippen LogP contribution in [-0.4, -0.2) is 23.8 Å². The fourth-order valence-corrected chi connectivity index (χ4v) is 5.21. The van der Waals surface area contributed by atoms with Gasteiger partial charge in [0.2, 0.25) is 0 Å². The van der Waals surface area contributed by atoms with Gasteiger partial charge in [0, 0.05) is 44.9 Å². The van der Waals surface area contributed by atoms with E-state index in [0.29, 0.717) is 35.3 Å². The molecular weight excluding hydrogens is 504 g/mol. The van der Waals surface area contributed by atoms with Gasteiger partial charge >= 0.3 is 0 Å². The monoisotopic (exact) mass is 528 g/mol. The molecule has 0 spiro atoms. The number of halogens is 1.